The first-order chi connectivity index (χ1) is 9.95. The maximum Gasteiger partial charge on any atom is 0.255 e. The van der Waals surface area contributed by atoms with Crippen LogP contribution in [0, 0.1) is 9.39 Å². The molecule has 2 aromatic rings. The van der Waals surface area contributed by atoms with Crippen LogP contribution in [-0.4, -0.2) is 16.4 Å². The molecule has 1 unspecified atom stereocenters. The van der Waals surface area contributed by atoms with Crippen molar-refractivity contribution >= 4 is 45.0 Å². The van der Waals surface area contributed by atoms with Crippen molar-refractivity contribution in [1.82, 2.24) is 0 Å². The number of rotatable bonds is 4. The lowest BCUT2D eigenvalue weighted by Crippen LogP contribution is -2.12. The van der Waals surface area contributed by atoms with Crippen molar-refractivity contribution in [1.29, 1.82) is 0 Å². The van der Waals surface area contributed by atoms with Gasteiger partial charge in [0.2, 0.25) is 0 Å². The van der Waals surface area contributed by atoms with Crippen LogP contribution >= 0.6 is 22.6 Å². The molecule has 0 aliphatic heterocycles. The van der Waals surface area contributed by atoms with Crippen molar-refractivity contribution in [3.63, 3.8) is 0 Å². The number of anilines is 1. The van der Waals surface area contributed by atoms with Gasteiger partial charge in [-0.05, 0) is 58.5 Å². The van der Waals surface area contributed by atoms with Crippen molar-refractivity contribution in [2.45, 2.75) is 5.75 Å². The standard InChI is InChI=1S/C15H13FINO2S/c1-21(20)9-10-3-2-4-12(7-10)18-15(19)11-5-6-14(17)13(16)8-11/h2-8H,9H2,1H3,(H,18,19). The average molecular weight is 417 g/mol. The Labute approximate surface area is 138 Å². The molecular formula is C15H13FINO2S. The molecule has 1 amide bonds. The van der Waals surface area contributed by atoms with E-state index in [4.69, 9.17) is 0 Å². The summed E-state index contributed by atoms with van der Waals surface area (Å²) >= 11 is 1.87. The van der Waals surface area contributed by atoms with E-state index in [1.807, 2.05) is 28.7 Å². The van der Waals surface area contributed by atoms with Gasteiger partial charge in [-0.1, -0.05) is 12.1 Å². The molecule has 0 heterocycles. The van der Waals surface area contributed by atoms with Gasteiger partial charge in [-0.15, -0.1) is 0 Å². The molecule has 110 valence electrons. The fraction of sp³-hybridized carbons (Fsp3) is 0.133. The zero-order chi connectivity index (χ0) is 15.4. The number of nitrogens with one attached hydrogen (secondary N) is 1. The van der Waals surface area contributed by atoms with Gasteiger partial charge in [0.05, 0.1) is 0 Å². The van der Waals surface area contributed by atoms with Crippen molar-refractivity contribution in [2.24, 2.45) is 0 Å². The smallest absolute Gasteiger partial charge is 0.255 e. The Morgan fingerprint density at radius 3 is 2.71 bits per heavy atom. The van der Waals surface area contributed by atoms with E-state index in [1.165, 1.54) is 6.07 Å². The fourth-order valence-electron chi connectivity index (χ4n) is 1.81. The molecule has 1 atom stereocenters. The Hall–Kier alpha value is -1.28. The van der Waals surface area contributed by atoms with E-state index >= 15 is 0 Å². The summed E-state index contributed by atoms with van der Waals surface area (Å²) in [7, 11) is -0.942. The molecule has 0 spiro atoms. The van der Waals surface area contributed by atoms with Crippen LogP contribution in [0.1, 0.15) is 15.9 Å². The summed E-state index contributed by atoms with van der Waals surface area (Å²) in [5, 5.41) is 2.71. The normalized spacial score (nSPS) is 12.0. The van der Waals surface area contributed by atoms with Gasteiger partial charge in [-0.3, -0.25) is 9.00 Å². The minimum atomic E-state index is -0.942. The van der Waals surface area contributed by atoms with E-state index < -0.39 is 16.6 Å². The second-order valence-corrected chi connectivity index (χ2v) is 7.10. The summed E-state index contributed by atoms with van der Waals surface area (Å²) in [6.07, 6.45) is 1.62. The zero-order valence-corrected chi connectivity index (χ0v) is 14.2. The lowest BCUT2D eigenvalue weighted by Gasteiger charge is -2.07. The number of carbonyl (C=O) groups excluding carboxylic acids is 1. The van der Waals surface area contributed by atoms with E-state index in [9.17, 15) is 13.4 Å². The minimum Gasteiger partial charge on any atom is -0.322 e. The molecule has 2 aromatic carbocycles. The monoisotopic (exact) mass is 417 g/mol. The van der Waals surface area contributed by atoms with Gasteiger partial charge in [0.25, 0.3) is 5.91 Å². The molecule has 21 heavy (non-hydrogen) atoms. The minimum absolute atomic E-state index is 0.261. The zero-order valence-electron chi connectivity index (χ0n) is 11.2. The molecular weight excluding hydrogens is 404 g/mol. The van der Waals surface area contributed by atoms with Crippen LogP contribution < -0.4 is 5.32 Å². The Morgan fingerprint density at radius 1 is 1.29 bits per heavy atom. The van der Waals surface area contributed by atoms with Gasteiger partial charge in [-0.25, -0.2) is 4.39 Å². The van der Waals surface area contributed by atoms with Crippen molar-refractivity contribution in [3.05, 3.63) is 63.0 Å². The molecule has 0 radical (unpaired) electrons. The Morgan fingerprint density at radius 2 is 2.05 bits per heavy atom. The van der Waals surface area contributed by atoms with Crippen molar-refractivity contribution in [2.75, 3.05) is 11.6 Å². The second kappa shape index (κ2) is 7.13. The summed E-state index contributed by atoms with van der Waals surface area (Å²) in [5.74, 6) is -0.361. The Balaban J connectivity index is 2.15. The highest BCUT2D eigenvalue weighted by molar-refractivity contribution is 14.1. The lowest BCUT2D eigenvalue weighted by atomic mass is 10.2. The SMILES string of the molecule is CS(=O)Cc1cccc(NC(=O)c2ccc(I)c(F)c2)c1. The van der Waals surface area contributed by atoms with Gasteiger partial charge >= 0.3 is 0 Å². The summed E-state index contributed by atoms with van der Waals surface area (Å²) in [5.41, 5.74) is 1.74. The van der Waals surface area contributed by atoms with Crippen LogP contribution in [0.2, 0.25) is 0 Å². The number of halogens is 2. The van der Waals surface area contributed by atoms with E-state index in [-0.39, 0.29) is 11.5 Å². The number of hydrogen-bond acceptors (Lipinski definition) is 2. The highest BCUT2D eigenvalue weighted by atomic mass is 127. The summed E-state index contributed by atoms with van der Waals surface area (Å²) in [4.78, 5) is 12.1. The summed E-state index contributed by atoms with van der Waals surface area (Å²) in [6.45, 7) is 0. The van der Waals surface area contributed by atoms with Crippen LogP contribution in [0.5, 0.6) is 0 Å². The number of benzene rings is 2. The molecule has 6 heteroatoms. The Kier molecular flexibility index (Phi) is 5.46. The molecule has 0 fully saturated rings. The van der Waals surface area contributed by atoms with Crippen LogP contribution in [-0.2, 0) is 16.6 Å². The third kappa shape index (κ3) is 4.60. The van der Waals surface area contributed by atoms with Crippen LogP contribution in [0.3, 0.4) is 0 Å². The lowest BCUT2D eigenvalue weighted by molar-refractivity contribution is 0.102. The summed E-state index contributed by atoms with van der Waals surface area (Å²) < 4.78 is 25.2. The predicted molar refractivity (Wildman–Crippen MR) is 91.3 cm³/mol. The third-order valence-corrected chi connectivity index (χ3v) is 4.35. The van der Waals surface area contributed by atoms with Gasteiger partial charge in [0, 0.05) is 37.6 Å². The van der Waals surface area contributed by atoms with E-state index in [2.05, 4.69) is 5.32 Å². The number of hydrogen-bond donors (Lipinski definition) is 1. The quantitative estimate of drug-likeness (QED) is 0.774. The van der Waals surface area contributed by atoms with E-state index in [0.29, 0.717) is 15.0 Å². The van der Waals surface area contributed by atoms with Crippen LogP contribution in [0.25, 0.3) is 0 Å². The van der Waals surface area contributed by atoms with Gasteiger partial charge < -0.3 is 5.32 Å². The highest BCUT2D eigenvalue weighted by Crippen LogP contribution is 2.16. The maximum atomic E-state index is 13.5. The molecule has 0 aliphatic rings. The van der Waals surface area contributed by atoms with Crippen molar-refractivity contribution < 1.29 is 13.4 Å². The number of amides is 1. The van der Waals surface area contributed by atoms with E-state index in [1.54, 1.807) is 36.6 Å². The first kappa shape index (κ1) is 16.1. The Bertz CT molecular complexity index is 706. The second-order valence-electron chi connectivity index (χ2n) is 4.50. The predicted octanol–water partition coefficient (Wildman–Crippen LogP) is 3.56. The first-order valence-electron chi connectivity index (χ1n) is 6.11. The van der Waals surface area contributed by atoms with Crippen LogP contribution in [0.4, 0.5) is 10.1 Å². The molecule has 0 saturated heterocycles. The average Bonchev–Trinajstić information content (AvgIpc) is 2.41. The number of carbonyl (C=O) groups is 1. The largest absolute Gasteiger partial charge is 0.322 e. The molecule has 0 aromatic heterocycles. The van der Waals surface area contributed by atoms with Gasteiger partial charge in [0.1, 0.15) is 5.82 Å². The molecule has 0 aliphatic carbocycles. The topological polar surface area (TPSA) is 46.2 Å². The highest BCUT2D eigenvalue weighted by Gasteiger charge is 2.09. The summed E-state index contributed by atoms with van der Waals surface area (Å²) in [6, 6.07) is 11.5. The fourth-order valence-corrected chi connectivity index (χ4v) is 2.80. The first-order valence-corrected chi connectivity index (χ1v) is 8.91. The van der Waals surface area contributed by atoms with Crippen molar-refractivity contribution in [3.8, 4) is 0 Å². The third-order valence-electron chi connectivity index (χ3n) is 2.74. The maximum absolute atomic E-state index is 13.5. The molecule has 0 bridgehead atoms. The van der Waals surface area contributed by atoms with Gasteiger partial charge in [-0.2, -0.15) is 0 Å². The van der Waals surface area contributed by atoms with Gasteiger partial charge in [0.15, 0.2) is 0 Å². The van der Waals surface area contributed by atoms with E-state index in [0.717, 1.165) is 5.56 Å². The molecule has 2 rings (SSSR count). The van der Waals surface area contributed by atoms with Crippen LogP contribution in [0.15, 0.2) is 42.5 Å². The molecule has 0 saturated carbocycles. The molecule has 3 nitrogen and oxygen atoms in total. The molecule has 1 N–H and O–H groups in total.